The first kappa shape index (κ1) is 28.8. The van der Waals surface area contributed by atoms with Crippen LogP contribution in [0, 0.1) is 10.1 Å². The van der Waals surface area contributed by atoms with Gasteiger partial charge in [-0.05, 0) is 23.8 Å². The van der Waals surface area contributed by atoms with Gasteiger partial charge in [-0.1, -0.05) is 48.5 Å². The van der Waals surface area contributed by atoms with Crippen molar-refractivity contribution in [1.29, 1.82) is 0 Å². The molecule has 0 spiro atoms. The molecule has 0 saturated carbocycles. The van der Waals surface area contributed by atoms with Gasteiger partial charge < -0.3 is 29.0 Å². The van der Waals surface area contributed by atoms with Crippen molar-refractivity contribution in [3.8, 4) is 22.8 Å². The molecule has 224 valence electrons. The number of nitro benzene ring substituents is 1. The molecule has 12 nitrogen and oxygen atoms in total. The molecule has 0 unspecified atom stereocenters. The smallest absolute Gasteiger partial charge is 0.294 e. The number of ether oxygens (including phenoxy) is 3. The number of nitro groups is 1. The minimum Gasteiger partial charge on any atom is -0.494 e. The van der Waals surface area contributed by atoms with E-state index in [1.54, 1.807) is 18.3 Å². The van der Waals surface area contributed by atoms with E-state index in [2.05, 4.69) is 15.3 Å². The SMILES string of the molecule is COc1cc(N2CCOCC2)c([N+](=O)[O-])cc1Nc1nccc(-c2cn(-c3ccccc3)c(COCc3ccccc3)n2)n1. The molecule has 5 aromatic rings. The molecule has 1 aliphatic heterocycles. The highest BCUT2D eigenvalue weighted by molar-refractivity contribution is 5.77. The maximum Gasteiger partial charge on any atom is 0.294 e. The second kappa shape index (κ2) is 13.3. The predicted octanol–water partition coefficient (Wildman–Crippen LogP) is 5.54. The van der Waals surface area contributed by atoms with Gasteiger partial charge in [0.1, 0.15) is 29.6 Å². The van der Waals surface area contributed by atoms with Crippen LogP contribution in [0.4, 0.5) is 23.0 Å². The summed E-state index contributed by atoms with van der Waals surface area (Å²) in [5.41, 5.74) is 4.01. The minimum absolute atomic E-state index is 0.0481. The van der Waals surface area contributed by atoms with Crippen LogP contribution in [0.25, 0.3) is 17.1 Å². The Bertz CT molecular complexity index is 1720. The van der Waals surface area contributed by atoms with E-state index in [9.17, 15) is 10.1 Å². The summed E-state index contributed by atoms with van der Waals surface area (Å²) in [6, 6.07) is 24.7. The molecule has 1 aliphatic rings. The topological polar surface area (TPSA) is 130 Å². The third kappa shape index (κ3) is 6.51. The Balaban J connectivity index is 1.28. The lowest BCUT2D eigenvalue weighted by molar-refractivity contribution is -0.384. The first-order valence-corrected chi connectivity index (χ1v) is 14.1. The summed E-state index contributed by atoms with van der Waals surface area (Å²) in [6.07, 6.45) is 3.52. The molecule has 0 bridgehead atoms. The van der Waals surface area contributed by atoms with E-state index in [-0.39, 0.29) is 18.2 Å². The minimum atomic E-state index is -0.398. The third-order valence-corrected chi connectivity index (χ3v) is 7.17. The molecule has 6 rings (SSSR count). The maximum atomic E-state index is 12.0. The first-order valence-electron chi connectivity index (χ1n) is 14.1. The number of para-hydroxylation sites is 1. The number of aromatic nitrogens is 4. The molecule has 3 aromatic carbocycles. The Hall–Kier alpha value is -5.33. The van der Waals surface area contributed by atoms with Gasteiger partial charge in [0, 0.05) is 43.3 Å². The number of hydrogen-bond acceptors (Lipinski definition) is 10. The Kier molecular flexibility index (Phi) is 8.71. The van der Waals surface area contributed by atoms with E-state index < -0.39 is 4.92 Å². The lowest BCUT2D eigenvalue weighted by atomic mass is 10.2. The Morgan fingerprint density at radius 2 is 1.70 bits per heavy atom. The van der Waals surface area contributed by atoms with Gasteiger partial charge in [0.15, 0.2) is 0 Å². The van der Waals surface area contributed by atoms with Gasteiger partial charge in [0.25, 0.3) is 5.69 Å². The molecule has 1 saturated heterocycles. The van der Waals surface area contributed by atoms with Crippen LogP contribution >= 0.6 is 0 Å². The highest BCUT2D eigenvalue weighted by atomic mass is 16.6. The lowest BCUT2D eigenvalue weighted by Crippen LogP contribution is -2.36. The van der Waals surface area contributed by atoms with Gasteiger partial charge >= 0.3 is 0 Å². The molecule has 0 radical (unpaired) electrons. The van der Waals surface area contributed by atoms with Crippen LogP contribution in [-0.2, 0) is 22.7 Å². The number of imidazole rings is 1. The monoisotopic (exact) mass is 593 g/mol. The summed E-state index contributed by atoms with van der Waals surface area (Å²) >= 11 is 0. The van der Waals surface area contributed by atoms with Crippen LogP contribution in [0.5, 0.6) is 5.75 Å². The summed E-state index contributed by atoms with van der Waals surface area (Å²) < 4.78 is 19.0. The number of nitrogens with one attached hydrogen (secondary N) is 1. The highest BCUT2D eigenvalue weighted by Crippen LogP contribution is 2.39. The number of morpholine rings is 1. The van der Waals surface area contributed by atoms with Gasteiger partial charge in [-0.3, -0.25) is 10.1 Å². The van der Waals surface area contributed by atoms with Crippen molar-refractivity contribution < 1.29 is 19.1 Å². The standard InChI is InChI=1S/C32H31N7O5/c1-42-30-19-28(37-14-16-43-17-15-37)29(39(40)41)18-26(30)36-32-33-13-12-25(35-32)27-20-38(24-10-6-3-7-11-24)31(34-27)22-44-21-23-8-4-2-5-9-23/h2-13,18-20H,14-17,21-22H2,1H3,(H,33,35,36). The fourth-order valence-corrected chi connectivity index (χ4v) is 5.00. The summed E-state index contributed by atoms with van der Waals surface area (Å²) in [5, 5.41) is 15.2. The number of methoxy groups -OCH3 is 1. The van der Waals surface area contributed by atoms with Gasteiger partial charge in [-0.2, -0.15) is 0 Å². The van der Waals surface area contributed by atoms with Crippen LogP contribution in [-0.4, -0.2) is 57.9 Å². The number of rotatable bonds is 11. The van der Waals surface area contributed by atoms with Crippen LogP contribution in [0.2, 0.25) is 0 Å². The van der Waals surface area contributed by atoms with E-state index in [1.165, 1.54) is 13.2 Å². The van der Waals surface area contributed by atoms with Crippen molar-refractivity contribution in [2.75, 3.05) is 43.6 Å². The summed E-state index contributed by atoms with van der Waals surface area (Å²) in [5.74, 6) is 1.38. The molecule has 0 aliphatic carbocycles. The van der Waals surface area contributed by atoms with E-state index in [0.717, 1.165) is 11.3 Å². The average Bonchev–Trinajstić information content (AvgIpc) is 3.50. The Morgan fingerprint density at radius 1 is 0.955 bits per heavy atom. The Labute approximate surface area is 254 Å². The lowest BCUT2D eigenvalue weighted by Gasteiger charge is -2.29. The van der Waals surface area contributed by atoms with E-state index in [0.29, 0.717) is 67.2 Å². The predicted molar refractivity (Wildman–Crippen MR) is 165 cm³/mol. The molecule has 1 N–H and O–H groups in total. The zero-order chi connectivity index (χ0) is 30.3. The molecular formula is C32H31N7O5. The molecule has 2 aromatic heterocycles. The molecule has 1 fully saturated rings. The van der Waals surface area contributed by atoms with Crippen molar-refractivity contribution in [3.63, 3.8) is 0 Å². The molecule has 44 heavy (non-hydrogen) atoms. The van der Waals surface area contributed by atoms with Crippen LogP contribution in [0.3, 0.4) is 0 Å². The van der Waals surface area contributed by atoms with Crippen LogP contribution < -0.4 is 15.0 Å². The van der Waals surface area contributed by atoms with Gasteiger partial charge in [-0.25, -0.2) is 15.0 Å². The molecule has 0 amide bonds. The highest BCUT2D eigenvalue weighted by Gasteiger charge is 2.25. The summed E-state index contributed by atoms with van der Waals surface area (Å²) in [4.78, 5) is 27.5. The average molecular weight is 594 g/mol. The Morgan fingerprint density at radius 3 is 2.43 bits per heavy atom. The third-order valence-electron chi connectivity index (χ3n) is 7.17. The van der Waals surface area contributed by atoms with Crippen LogP contribution in [0.15, 0.2) is 91.3 Å². The zero-order valence-electron chi connectivity index (χ0n) is 24.1. The fraction of sp³-hybridized carbons (Fsp3) is 0.219. The molecular weight excluding hydrogens is 562 g/mol. The van der Waals surface area contributed by atoms with E-state index >= 15 is 0 Å². The first-order chi connectivity index (χ1) is 21.6. The van der Waals surface area contributed by atoms with Crippen molar-refractivity contribution in [2.45, 2.75) is 13.2 Å². The largest absolute Gasteiger partial charge is 0.494 e. The zero-order valence-corrected chi connectivity index (χ0v) is 24.1. The number of anilines is 3. The number of hydrogen-bond donors (Lipinski definition) is 1. The van der Waals surface area contributed by atoms with Gasteiger partial charge in [-0.15, -0.1) is 0 Å². The molecule has 0 atom stereocenters. The quantitative estimate of drug-likeness (QED) is 0.154. The fourth-order valence-electron chi connectivity index (χ4n) is 5.00. The molecule has 3 heterocycles. The second-order valence-electron chi connectivity index (χ2n) is 10.0. The maximum absolute atomic E-state index is 12.0. The van der Waals surface area contributed by atoms with Gasteiger partial charge in [0.2, 0.25) is 5.95 Å². The van der Waals surface area contributed by atoms with Crippen molar-refractivity contribution in [1.82, 2.24) is 19.5 Å². The number of nitrogens with zero attached hydrogens (tertiary/aromatic N) is 6. The summed E-state index contributed by atoms with van der Waals surface area (Å²) in [6.45, 7) is 2.85. The molecule has 12 heteroatoms. The number of benzene rings is 3. The van der Waals surface area contributed by atoms with Crippen molar-refractivity contribution >= 4 is 23.0 Å². The van der Waals surface area contributed by atoms with Crippen LogP contribution in [0.1, 0.15) is 11.4 Å². The normalized spacial score (nSPS) is 13.1. The van der Waals surface area contributed by atoms with Gasteiger partial charge in [0.05, 0.1) is 43.2 Å². The van der Waals surface area contributed by atoms with Crippen molar-refractivity contribution in [3.05, 3.63) is 113 Å². The summed E-state index contributed by atoms with van der Waals surface area (Å²) in [7, 11) is 1.52. The van der Waals surface area contributed by atoms with Crippen molar-refractivity contribution in [2.24, 2.45) is 0 Å². The van der Waals surface area contributed by atoms with E-state index in [1.807, 2.05) is 76.3 Å². The van der Waals surface area contributed by atoms with E-state index in [4.69, 9.17) is 19.2 Å². The second-order valence-corrected chi connectivity index (χ2v) is 10.0.